The van der Waals surface area contributed by atoms with E-state index in [1.165, 1.54) is 5.69 Å². The second-order valence-electron chi connectivity index (χ2n) is 4.94. The van der Waals surface area contributed by atoms with E-state index >= 15 is 0 Å². The molecule has 4 nitrogen and oxygen atoms in total. The third-order valence-electron chi connectivity index (χ3n) is 3.55. The van der Waals surface area contributed by atoms with Crippen LogP contribution in [0.2, 0.25) is 0 Å². The molecule has 0 amide bonds. The normalized spacial score (nSPS) is 16.8. The summed E-state index contributed by atoms with van der Waals surface area (Å²) in [6.07, 6.45) is 0.647. The van der Waals surface area contributed by atoms with Gasteiger partial charge in [-0.25, -0.2) is 0 Å². The Labute approximate surface area is 108 Å². The van der Waals surface area contributed by atoms with Crippen molar-refractivity contribution < 1.29 is 14.8 Å². The smallest absolute Gasteiger partial charge is 0.0947 e. The number of nitrogens with zero attached hydrogens (tertiary/aromatic N) is 1. The summed E-state index contributed by atoms with van der Waals surface area (Å²) in [6, 6.07) is 8.09. The fraction of sp³-hybridized carbons (Fsp3) is 0.500. The Morgan fingerprint density at radius 2 is 2.00 bits per heavy atom. The minimum absolute atomic E-state index is 0.0933. The van der Waals surface area contributed by atoms with Crippen molar-refractivity contribution in [1.82, 2.24) is 0 Å². The van der Waals surface area contributed by atoms with Gasteiger partial charge in [0.1, 0.15) is 0 Å². The van der Waals surface area contributed by atoms with Crippen molar-refractivity contribution in [3.05, 3.63) is 29.8 Å². The molecule has 98 valence electrons. The maximum Gasteiger partial charge on any atom is 0.0947 e. The van der Waals surface area contributed by atoms with Gasteiger partial charge in [0.2, 0.25) is 0 Å². The van der Waals surface area contributed by atoms with Crippen LogP contribution >= 0.6 is 0 Å². The molecule has 0 unspecified atom stereocenters. The van der Waals surface area contributed by atoms with Crippen LogP contribution in [0.1, 0.15) is 12.0 Å². The van der Waals surface area contributed by atoms with E-state index < -0.39 is 5.97 Å². The summed E-state index contributed by atoms with van der Waals surface area (Å²) in [5, 5.41) is 10.6. The number of nitrogens with one attached hydrogen (secondary N) is 1. The van der Waals surface area contributed by atoms with Crippen LogP contribution in [0.3, 0.4) is 0 Å². The predicted molar refractivity (Wildman–Crippen MR) is 68.6 cm³/mol. The quantitative estimate of drug-likeness (QED) is 0.721. The Hall–Kier alpha value is -1.55. The summed E-state index contributed by atoms with van der Waals surface area (Å²) in [5.74, 6) is -0.979. The Bertz CT molecular complexity index is 412. The average Bonchev–Trinajstić information content (AvgIpc) is 2.38. The minimum atomic E-state index is -0.979. The van der Waals surface area contributed by atoms with Gasteiger partial charge in [-0.05, 0) is 24.5 Å². The van der Waals surface area contributed by atoms with Crippen LogP contribution in [0.15, 0.2) is 24.3 Å². The highest BCUT2D eigenvalue weighted by atomic mass is 16.4. The zero-order valence-electron chi connectivity index (χ0n) is 10.8. The van der Waals surface area contributed by atoms with Crippen molar-refractivity contribution in [1.29, 1.82) is 0 Å². The lowest BCUT2D eigenvalue weighted by Crippen LogP contribution is -3.12. The lowest BCUT2D eigenvalue weighted by Gasteiger charge is -2.33. The summed E-state index contributed by atoms with van der Waals surface area (Å²) < 4.78 is 0. The van der Waals surface area contributed by atoms with Crippen LogP contribution in [-0.4, -0.2) is 39.2 Å². The number of anilines is 1. The first-order valence-corrected chi connectivity index (χ1v) is 6.51. The van der Waals surface area contributed by atoms with E-state index in [9.17, 15) is 9.90 Å². The summed E-state index contributed by atoms with van der Waals surface area (Å²) in [6.45, 7) is 4.34. The molecule has 1 aliphatic heterocycles. The SMILES string of the molecule is C[NH+]1CCN(c2ccccc2CCC(=O)[O-])CC1. The maximum absolute atomic E-state index is 10.6. The molecule has 2 rings (SSSR count). The van der Waals surface area contributed by atoms with Crippen molar-refractivity contribution in [2.45, 2.75) is 12.8 Å². The molecule has 0 bridgehead atoms. The van der Waals surface area contributed by atoms with Crippen molar-refractivity contribution in [2.75, 3.05) is 38.1 Å². The van der Waals surface area contributed by atoms with Gasteiger partial charge in [0.15, 0.2) is 0 Å². The van der Waals surface area contributed by atoms with Gasteiger partial charge in [0, 0.05) is 11.7 Å². The van der Waals surface area contributed by atoms with E-state index in [4.69, 9.17) is 0 Å². The van der Waals surface area contributed by atoms with Crippen LogP contribution in [0, 0.1) is 0 Å². The van der Waals surface area contributed by atoms with Gasteiger partial charge in [-0.3, -0.25) is 0 Å². The van der Waals surface area contributed by atoms with Crippen molar-refractivity contribution in [2.24, 2.45) is 0 Å². The zero-order chi connectivity index (χ0) is 13.0. The van der Waals surface area contributed by atoms with Gasteiger partial charge < -0.3 is 19.7 Å². The number of carboxylic acids is 1. The highest BCUT2D eigenvalue weighted by molar-refractivity contribution is 5.65. The number of piperazine rings is 1. The Morgan fingerprint density at radius 3 is 2.67 bits per heavy atom. The number of likely N-dealkylation sites (N-methyl/N-ethyl adjacent to an activating group) is 1. The number of para-hydroxylation sites is 1. The fourth-order valence-corrected chi connectivity index (χ4v) is 2.40. The Balaban J connectivity index is 2.09. The number of aryl methyl sites for hydroxylation is 1. The molecule has 0 atom stereocenters. The number of quaternary nitrogens is 1. The Morgan fingerprint density at radius 1 is 1.33 bits per heavy atom. The highest BCUT2D eigenvalue weighted by Crippen LogP contribution is 2.21. The average molecular weight is 248 g/mol. The zero-order valence-corrected chi connectivity index (χ0v) is 10.8. The largest absolute Gasteiger partial charge is 0.550 e. The molecule has 0 aromatic heterocycles. The first-order chi connectivity index (χ1) is 8.66. The van der Waals surface area contributed by atoms with E-state index in [0.717, 1.165) is 31.7 Å². The van der Waals surface area contributed by atoms with Gasteiger partial charge in [0.25, 0.3) is 0 Å². The van der Waals surface area contributed by atoms with E-state index in [-0.39, 0.29) is 6.42 Å². The molecule has 1 aromatic carbocycles. The fourth-order valence-electron chi connectivity index (χ4n) is 2.40. The third-order valence-corrected chi connectivity index (χ3v) is 3.55. The topological polar surface area (TPSA) is 47.8 Å². The molecule has 1 saturated heterocycles. The predicted octanol–water partition coefficient (Wildman–Crippen LogP) is -1.30. The van der Waals surface area contributed by atoms with Gasteiger partial charge in [-0.15, -0.1) is 0 Å². The van der Waals surface area contributed by atoms with Crippen LogP contribution in [0.25, 0.3) is 0 Å². The molecule has 1 heterocycles. The van der Waals surface area contributed by atoms with E-state index in [1.54, 1.807) is 4.90 Å². The lowest BCUT2D eigenvalue weighted by molar-refractivity contribution is -0.880. The molecule has 1 aromatic rings. The number of hydrogen-bond acceptors (Lipinski definition) is 3. The van der Waals surface area contributed by atoms with Crippen LogP contribution in [0.4, 0.5) is 5.69 Å². The minimum Gasteiger partial charge on any atom is -0.550 e. The molecule has 1 aliphatic rings. The van der Waals surface area contributed by atoms with Gasteiger partial charge >= 0.3 is 0 Å². The number of benzene rings is 1. The lowest BCUT2D eigenvalue weighted by atomic mass is 10.1. The molecular formula is C14H20N2O2. The molecule has 0 spiro atoms. The number of carbonyl (C=O) groups is 1. The van der Waals surface area contributed by atoms with E-state index in [2.05, 4.69) is 18.0 Å². The van der Waals surface area contributed by atoms with Crippen LogP contribution in [-0.2, 0) is 11.2 Å². The molecule has 0 radical (unpaired) electrons. The molecule has 4 heteroatoms. The number of carbonyl (C=O) groups excluding carboxylic acids is 1. The van der Waals surface area contributed by atoms with E-state index in [1.807, 2.05) is 18.2 Å². The number of carboxylic acid groups (broad SMARTS) is 1. The van der Waals surface area contributed by atoms with Crippen molar-refractivity contribution in [3.8, 4) is 0 Å². The van der Waals surface area contributed by atoms with Gasteiger partial charge in [0.05, 0.1) is 33.2 Å². The monoisotopic (exact) mass is 248 g/mol. The molecule has 1 N–H and O–H groups in total. The van der Waals surface area contributed by atoms with E-state index in [0.29, 0.717) is 6.42 Å². The third kappa shape index (κ3) is 3.23. The summed E-state index contributed by atoms with van der Waals surface area (Å²) >= 11 is 0. The molecule has 0 aliphatic carbocycles. The molecule has 18 heavy (non-hydrogen) atoms. The Kier molecular flexibility index (Phi) is 4.20. The first-order valence-electron chi connectivity index (χ1n) is 6.51. The summed E-state index contributed by atoms with van der Waals surface area (Å²) in [5.41, 5.74) is 2.30. The standard InChI is InChI=1S/C14H20N2O2/c1-15-8-10-16(11-9-15)13-5-3-2-4-12(13)6-7-14(17)18/h2-5H,6-11H2,1H3,(H,17,18). The van der Waals surface area contributed by atoms with Gasteiger partial charge in [-0.2, -0.15) is 0 Å². The summed E-state index contributed by atoms with van der Waals surface area (Å²) in [7, 11) is 2.21. The second kappa shape index (κ2) is 5.87. The van der Waals surface area contributed by atoms with Crippen molar-refractivity contribution >= 4 is 11.7 Å². The van der Waals surface area contributed by atoms with Crippen LogP contribution < -0.4 is 14.9 Å². The maximum atomic E-state index is 10.6. The molecule has 0 saturated carbocycles. The van der Waals surface area contributed by atoms with Crippen LogP contribution in [0.5, 0.6) is 0 Å². The first kappa shape index (κ1) is 12.9. The van der Waals surface area contributed by atoms with Gasteiger partial charge in [-0.1, -0.05) is 18.2 Å². The van der Waals surface area contributed by atoms with Crippen molar-refractivity contribution in [3.63, 3.8) is 0 Å². The number of aliphatic carboxylic acids is 1. The second-order valence-corrected chi connectivity index (χ2v) is 4.94. The molecule has 1 fully saturated rings. The molecular weight excluding hydrogens is 228 g/mol. The summed E-state index contributed by atoms with van der Waals surface area (Å²) in [4.78, 5) is 14.5. The number of rotatable bonds is 4. The number of hydrogen-bond donors (Lipinski definition) is 1. The highest BCUT2D eigenvalue weighted by Gasteiger charge is 2.18.